The first-order valence-corrected chi connectivity index (χ1v) is 7.67. The van der Waals surface area contributed by atoms with Crippen molar-refractivity contribution in [2.45, 2.75) is 25.9 Å². The minimum absolute atomic E-state index is 0.147. The number of anilines is 1. The monoisotopic (exact) mass is 300 g/mol. The Morgan fingerprint density at radius 1 is 1.19 bits per heavy atom. The molecule has 1 saturated heterocycles. The molecule has 1 fully saturated rings. The molecule has 2 amide bonds. The van der Waals surface area contributed by atoms with Crippen molar-refractivity contribution in [2.75, 3.05) is 4.90 Å². The van der Waals surface area contributed by atoms with Gasteiger partial charge in [-0.05, 0) is 31.2 Å². The molecule has 2 aromatic rings. The Hall–Kier alpha value is -1.98. The van der Waals surface area contributed by atoms with Crippen molar-refractivity contribution in [3.05, 3.63) is 52.2 Å². The summed E-state index contributed by atoms with van der Waals surface area (Å²) >= 11 is 1.70. The molecule has 1 aliphatic heterocycles. The lowest BCUT2D eigenvalue weighted by Crippen LogP contribution is -2.38. The van der Waals surface area contributed by atoms with Crippen molar-refractivity contribution in [1.29, 1.82) is 0 Å². The van der Waals surface area contributed by atoms with Gasteiger partial charge >= 0.3 is 0 Å². The molecule has 1 aromatic carbocycles. The van der Waals surface area contributed by atoms with E-state index in [0.29, 0.717) is 12.2 Å². The molecule has 2 heterocycles. The lowest BCUT2D eigenvalue weighted by molar-refractivity contribution is -0.121. The average Bonchev–Trinajstić information content (AvgIpc) is 3.01. The molecule has 0 aliphatic carbocycles. The summed E-state index contributed by atoms with van der Waals surface area (Å²) in [6.45, 7) is 2.67. The number of carbonyl (C=O) groups is 2. The van der Waals surface area contributed by atoms with E-state index in [4.69, 9.17) is 0 Å². The van der Waals surface area contributed by atoms with Gasteiger partial charge in [0.05, 0.1) is 18.2 Å². The first kappa shape index (κ1) is 14.0. The first-order chi connectivity index (χ1) is 10.1. The van der Waals surface area contributed by atoms with Gasteiger partial charge in [0.25, 0.3) is 5.91 Å². The zero-order valence-electron chi connectivity index (χ0n) is 11.7. The number of hydrogen-bond donors (Lipinski definition) is 1. The van der Waals surface area contributed by atoms with Crippen molar-refractivity contribution in [3.63, 3.8) is 0 Å². The van der Waals surface area contributed by atoms with Gasteiger partial charge in [0.1, 0.15) is 0 Å². The number of amides is 2. The van der Waals surface area contributed by atoms with Crippen LogP contribution in [0, 0.1) is 6.92 Å². The molecule has 0 spiro atoms. The molecule has 3 rings (SSSR count). The first-order valence-electron chi connectivity index (χ1n) is 6.85. The van der Waals surface area contributed by atoms with Crippen LogP contribution in [0.2, 0.25) is 0 Å². The van der Waals surface area contributed by atoms with Gasteiger partial charge in [0, 0.05) is 16.3 Å². The fraction of sp³-hybridized carbons (Fsp3) is 0.250. The Labute approximate surface area is 127 Å². The minimum atomic E-state index is -0.430. The molecule has 0 bridgehead atoms. The normalized spacial score (nSPS) is 18.5. The fourth-order valence-electron chi connectivity index (χ4n) is 2.44. The van der Waals surface area contributed by atoms with E-state index in [2.05, 4.69) is 18.3 Å². The van der Waals surface area contributed by atoms with Crippen molar-refractivity contribution in [3.8, 4) is 0 Å². The number of aryl methyl sites for hydroxylation is 1. The number of nitrogens with zero attached hydrogens (tertiary/aromatic N) is 1. The van der Waals surface area contributed by atoms with Crippen LogP contribution in [0.4, 0.5) is 5.69 Å². The van der Waals surface area contributed by atoms with Gasteiger partial charge in [-0.15, -0.1) is 11.3 Å². The van der Waals surface area contributed by atoms with Crippen LogP contribution in [0.25, 0.3) is 0 Å². The van der Waals surface area contributed by atoms with E-state index < -0.39 is 6.04 Å². The molecular formula is C16H16N2O2S. The number of carbonyl (C=O) groups excluding carboxylic acids is 2. The van der Waals surface area contributed by atoms with Crippen LogP contribution in [0.5, 0.6) is 0 Å². The van der Waals surface area contributed by atoms with E-state index in [1.54, 1.807) is 23.5 Å². The maximum absolute atomic E-state index is 12.4. The summed E-state index contributed by atoms with van der Waals surface area (Å²) in [7, 11) is 0. The third-order valence-electron chi connectivity index (χ3n) is 3.48. The largest absolute Gasteiger partial charge is 0.300 e. The van der Waals surface area contributed by atoms with Crippen LogP contribution >= 0.6 is 11.3 Å². The average molecular weight is 300 g/mol. The summed E-state index contributed by atoms with van der Waals surface area (Å²) in [6, 6.07) is 12.7. The van der Waals surface area contributed by atoms with Crippen LogP contribution < -0.4 is 10.2 Å². The quantitative estimate of drug-likeness (QED) is 0.883. The molecule has 0 saturated carbocycles. The van der Waals surface area contributed by atoms with Gasteiger partial charge in [-0.2, -0.15) is 0 Å². The van der Waals surface area contributed by atoms with Crippen LogP contribution in [0.3, 0.4) is 0 Å². The topological polar surface area (TPSA) is 49.4 Å². The lowest BCUT2D eigenvalue weighted by atomic mass is 10.2. The summed E-state index contributed by atoms with van der Waals surface area (Å²) in [5.41, 5.74) is 0.642. The van der Waals surface area contributed by atoms with E-state index in [1.807, 2.05) is 24.3 Å². The van der Waals surface area contributed by atoms with Crippen molar-refractivity contribution >= 4 is 28.8 Å². The number of para-hydroxylation sites is 1. The second-order valence-electron chi connectivity index (χ2n) is 5.05. The van der Waals surface area contributed by atoms with Gasteiger partial charge < -0.3 is 5.32 Å². The zero-order valence-corrected chi connectivity index (χ0v) is 12.5. The van der Waals surface area contributed by atoms with E-state index in [9.17, 15) is 9.59 Å². The van der Waals surface area contributed by atoms with Gasteiger partial charge in [0.15, 0.2) is 0 Å². The smallest absolute Gasteiger partial charge is 0.251 e. The number of nitrogens with one attached hydrogen (secondary N) is 1. The second-order valence-corrected chi connectivity index (χ2v) is 6.43. The summed E-state index contributed by atoms with van der Waals surface area (Å²) in [5, 5.41) is 3.19. The van der Waals surface area contributed by atoms with Gasteiger partial charge in [0.2, 0.25) is 5.91 Å². The maximum atomic E-state index is 12.4. The SMILES string of the molecule is Cc1ccc(CNC2CC(=O)N(c3ccccc3)C2=O)s1. The highest BCUT2D eigenvalue weighted by Gasteiger charge is 2.39. The Morgan fingerprint density at radius 2 is 1.95 bits per heavy atom. The fourth-order valence-corrected chi connectivity index (χ4v) is 3.28. The minimum Gasteiger partial charge on any atom is -0.300 e. The van der Waals surface area contributed by atoms with Crippen LogP contribution in [-0.2, 0) is 16.1 Å². The Bertz CT molecular complexity index is 666. The highest BCUT2D eigenvalue weighted by Crippen LogP contribution is 2.23. The van der Waals surface area contributed by atoms with E-state index >= 15 is 0 Å². The summed E-state index contributed by atoms with van der Waals surface area (Å²) in [5.74, 6) is -0.314. The molecule has 0 radical (unpaired) electrons. The third kappa shape index (κ3) is 2.89. The summed E-state index contributed by atoms with van der Waals surface area (Å²) in [4.78, 5) is 28.2. The summed E-state index contributed by atoms with van der Waals surface area (Å²) in [6.07, 6.45) is 0.220. The number of hydrogen-bond acceptors (Lipinski definition) is 4. The number of thiophene rings is 1. The molecule has 4 nitrogen and oxygen atoms in total. The number of imide groups is 1. The molecule has 21 heavy (non-hydrogen) atoms. The molecule has 1 aliphatic rings. The van der Waals surface area contributed by atoms with Crippen LogP contribution in [0.1, 0.15) is 16.2 Å². The predicted octanol–water partition coefficient (Wildman–Crippen LogP) is 2.48. The van der Waals surface area contributed by atoms with Crippen molar-refractivity contribution < 1.29 is 9.59 Å². The molecular weight excluding hydrogens is 284 g/mol. The summed E-state index contributed by atoms with van der Waals surface area (Å²) < 4.78 is 0. The lowest BCUT2D eigenvalue weighted by Gasteiger charge is -2.15. The highest BCUT2D eigenvalue weighted by molar-refractivity contribution is 7.11. The molecule has 5 heteroatoms. The van der Waals surface area contributed by atoms with Gasteiger partial charge in [-0.1, -0.05) is 18.2 Å². The molecule has 1 unspecified atom stereocenters. The predicted molar refractivity (Wildman–Crippen MR) is 83.2 cm³/mol. The number of benzene rings is 1. The van der Waals surface area contributed by atoms with Crippen LogP contribution in [0.15, 0.2) is 42.5 Å². The Morgan fingerprint density at radius 3 is 2.62 bits per heavy atom. The van der Waals surface area contributed by atoms with E-state index in [1.165, 1.54) is 14.7 Å². The molecule has 1 aromatic heterocycles. The van der Waals surface area contributed by atoms with E-state index in [-0.39, 0.29) is 18.2 Å². The molecule has 1 N–H and O–H groups in total. The molecule has 1 atom stereocenters. The Balaban J connectivity index is 1.69. The maximum Gasteiger partial charge on any atom is 0.251 e. The Kier molecular flexibility index (Phi) is 3.86. The van der Waals surface area contributed by atoms with Crippen molar-refractivity contribution in [1.82, 2.24) is 5.32 Å². The van der Waals surface area contributed by atoms with E-state index in [0.717, 1.165) is 0 Å². The second kappa shape index (κ2) is 5.79. The molecule has 108 valence electrons. The number of rotatable bonds is 4. The third-order valence-corrected chi connectivity index (χ3v) is 4.48. The van der Waals surface area contributed by atoms with Gasteiger partial charge in [-0.25, -0.2) is 4.90 Å². The highest BCUT2D eigenvalue weighted by atomic mass is 32.1. The van der Waals surface area contributed by atoms with Crippen LogP contribution in [-0.4, -0.2) is 17.9 Å². The van der Waals surface area contributed by atoms with Crippen molar-refractivity contribution in [2.24, 2.45) is 0 Å². The van der Waals surface area contributed by atoms with Gasteiger partial charge in [-0.3, -0.25) is 9.59 Å². The zero-order chi connectivity index (χ0) is 14.8. The standard InChI is InChI=1S/C16H16N2O2S/c1-11-7-8-13(21-11)10-17-14-9-15(19)18(16(14)20)12-5-3-2-4-6-12/h2-8,14,17H,9-10H2,1H3.